The fourth-order valence-corrected chi connectivity index (χ4v) is 1.36. The van der Waals surface area contributed by atoms with Crippen LogP contribution >= 0.6 is 15.9 Å². The SMILES string of the molecule is N#C/C(=C\c1ccc(C(F)(F)F)cc1)CBr. The predicted octanol–water partition coefficient (Wildman–Crippen LogP) is 4.01. The average Bonchev–Trinajstić information content (AvgIpc) is 2.25. The van der Waals surface area contributed by atoms with Gasteiger partial charge in [-0.25, -0.2) is 0 Å². The number of nitrogens with zero attached hydrogens (tertiary/aromatic N) is 1. The lowest BCUT2D eigenvalue weighted by Crippen LogP contribution is -2.04. The number of halogens is 4. The van der Waals surface area contributed by atoms with E-state index in [1.807, 2.05) is 6.07 Å². The molecule has 0 atom stereocenters. The van der Waals surface area contributed by atoms with Gasteiger partial charge in [0.1, 0.15) is 0 Å². The van der Waals surface area contributed by atoms with Crippen LogP contribution < -0.4 is 0 Å². The van der Waals surface area contributed by atoms with Gasteiger partial charge in [0.2, 0.25) is 0 Å². The van der Waals surface area contributed by atoms with Crippen LogP contribution in [0.3, 0.4) is 0 Å². The van der Waals surface area contributed by atoms with Crippen molar-refractivity contribution < 1.29 is 13.2 Å². The van der Waals surface area contributed by atoms with Gasteiger partial charge in [-0.1, -0.05) is 28.1 Å². The molecule has 0 aliphatic rings. The topological polar surface area (TPSA) is 23.8 Å². The van der Waals surface area contributed by atoms with E-state index in [0.29, 0.717) is 16.5 Å². The molecular weight excluding hydrogens is 283 g/mol. The van der Waals surface area contributed by atoms with E-state index in [2.05, 4.69) is 15.9 Å². The summed E-state index contributed by atoms with van der Waals surface area (Å²) in [7, 11) is 0. The zero-order valence-corrected chi connectivity index (χ0v) is 9.64. The summed E-state index contributed by atoms with van der Waals surface area (Å²) in [6.07, 6.45) is -2.79. The number of hydrogen-bond acceptors (Lipinski definition) is 1. The Morgan fingerprint density at radius 2 is 1.88 bits per heavy atom. The Kier molecular flexibility index (Phi) is 4.13. The molecule has 1 aromatic carbocycles. The third-order valence-corrected chi connectivity index (χ3v) is 2.47. The molecule has 0 fully saturated rings. The lowest BCUT2D eigenvalue weighted by atomic mass is 10.1. The van der Waals surface area contributed by atoms with E-state index in [1.54, 1.807) is 0 Å². The highest BCUT2D eigenvalue weighted by Gasteiger charge is 2.29. The number of benzene rings is 1. The number of alkyl halides is 4. The summed E-state index contributed by atoms with van der Waals surface area (Å²) in [6, 6.07) is 6.60. The minimum Gasteiger partial charge on any atom is -0.193 e. The molecule has 1 rings (SSSR count). The van der Waals surface area contributed by atoms with Crippen molar-refractivity contribution in [3.63, 3.8) is 0 Å². The molecule has 0 aliphatic carbocycles. The fraction of sp³-hybridized carbons (Fsp3) is 0.182. The van der Waals surface area contributed by atoms with Gasteiger partial charge in [-0.2, -0.15) is 18.4 Å². The Labute approximate surface area is 99.3 Å². The number of rotatable bonds is 2. The minimum atomic E-state index is -4.32. The van der Waals surface area contributed by atoms with Crippen molar-refractivity contribution in [2.45, 2.75) is 6.18 Å². The van der Waals surface area contributed by atoms with Crippen molar-refractivity contribution in [2.75, 3.05) is 5.33 Å². The summed E-state index contributed by atoms with van der Waals surface area (Å²) in [6.45, 7) is 0. The second-order valence-corrected chi connectivity index (χ2v) is 3.60. The molecule has 16 heavy (non-hydrogen) atoms. The Morgan fingerprint density at radius 3 is 2.25 bits per heavy atom. The van der Waals surface area contributed by atoms with E-state index in [9.17, 15) is 13.2 Å². The Morgan fingerprint density at radius 1 is 1.31 bits per heavy atom. The summed E-state index contributed by atoms with van der Waals surface area (Å²) in [5.41, 5.74) is 0.339. The number of allylic oxidation sites excluding steroid dienone is 1. The fourth-order valence-electron chi connectivity index (χ4n) is 1.07. The molecule has 5 heteroatoms. The van der Waals surface area contributed by atoms with E-state index < -0.39 is 11.7 Å². The summed E-state index contributed by atoms with van der Waals surface area (Å²) in [5, 5.41) is 9.02. The van der Waals surface area contributed by atoms with Crippen LogP contribution in [0.4, 0.5) is 13.2 Å². The van der Waals surface area contributed by atoms with Gasteiger partial charge in [-0.05, 0) is 23.8 Å². The zero-order chi connectivity index (χ0) is 12.2. The first-order valence-electron chi connectivity index (χ1n) is 4.31. The molecule has 1 nitrogen and oxygen atoms in total. The number of nitriles is 1. The van der Waals surface area contributed by atoms with E-state index in [4.69, 9.17) is 5.26 Å². The van der Waals surface area contributed by atoms with E-state index in [-0.39, 0.29) is 0 Å². The van der Waals surface area contributed by atoms with Crippen LogP contribution in [0.5, 0.6) is 0 Å². The maximum atomic E-state index is 12.2. The van der Waals surface area contributed by atoms with E-state index in [1.165, 1.54) is 18.2 Å². The quantitative estimate of drug-likeness (QED) is 0.596. The van der Waals surface area contributed by atoms with Gasteiger partial charge >= 0.3 is 6.18 Å². The molecule has 0 N–H and O–H groups in total. The summed E-state index contributed by atoms with van der Waals surface area (Å²) in [4.78, 5) is 0. The first-order chi connectivity index (χ1) is 7.47. The Hall–Kier alpha value is -1.28. The lowest BCUT2D eigenvalue weighted by Gasteiger charge is -2.06. The number of hydrogen-bond donors (Lipinski definition) is 0. The lowest BCUT2D eigenvalue weighted by molar-refractivity contribution is -0.137. The van der Waals surface area contributed by atoms with Gasteiger partial charge in [-0.15, -0.1) is 0 Å². The van der Waals surface area contributed by atoms with Crippen molar-refractivity contribution in [3.05, 3.63) is 41.0 Å². The highest BCUT2D eigenvalue weighted by Crippen LogP contribution is 2.29. The molecule has 0 aliphatic heterocycles. The van der Waals surface area contributed by atoms with Crippen molar-refractivity contribution in [3.8, 4) is 6.07 Å². The average molecular weight is 290 g/mol. The van der Waals surface area contributed by atoms with Gasteiger partial charge < -0.3 is 0 Å². The van der Waals surface area contributed by atoms with E-state index in [0.717, 1.165) is 12.1 Å². The predicted molar refractivity (Wildman–Crippen MR) is 58.8 cm³/mol. The van der Waals surface area contributed by atoms with E-state index >= 15 is 0 Å². The molecule has 0 radical (unpaired) electrons. The highest BCUT2D eigenvalue weighted by molar-refractivity contribution is 9.09. The first kappa shape index (κ1) is 12.8. The highest BCUT2D eigenvalue weighted by atomic mass is 79.9. The minimum absolute atomic E-state index is 0.379. The maximum absolute atomic E-state index is 12.2. The molecule has 0 aromatic heterocycles. The molecule has 1 aromatic rings. The second-order valence-electron chi connectivity index (χ2n) is 3.03. The monoisotopic (exact) mass is 289 g/mol. The molecule has 84 valence electrons. The van der Waals surface area contributed by atoms with Crippen LogP contribution in [0.2, 0.25) is 0 Å². The summed E-state index contributed by atoms with van der Waals surface area (Å²) >= 11 is 3.11. The first-order valence-corrected chi connectivity index (χ1v) is 5.43. The van der Waals surface area contributed by atoms with Crippen LogP contribution in [0.25, 0.3) is 6.08 Å². The Balaban J connectivity index is 2.97. The van der Waals surface area contributed by atoms with Gasteiger partial charge in [-0.3, -0.25) is 0 Å². The molecular formula is C11H7BrF3N. The normalized spacial score (nSPS) is 12.3. The van der Waals surface area contributed by atoms with Crippen molar-refractivity contribution in [1.29, 1.82) is 5.26 Å². The Bertz CT molecular complexity index is 426. The van der Waals surface area contributed by atoms with Crippen molar-refractivity contribution in [1.82, 2.24) is 0 Å². The third-order valence-electron chi connectivity index (χ3n) is 1.87. The zero-order valence-electron chi connectivity index (χ0n) is 8.05. The third kappa shape index (κ3) is 3.38. The summed E-state index contributed by atoms with van der Waals surface area (Å²) < 4.78 is 36.7. The molecule has 0 unspecified atom stereocenters. The van der Waals surface area contributed by atoms with Gasteiger partial charge in [0.05, 0.1) is 11.6 Å². The van der Waals surface area contributed by atoms with Crippen LogP contribution in [-0.2, 0) is 6.18 Å². The molecule has 0 amide bonds. The molecule has 0 spiro atoms. The van der Waals surface area contributed by atoms with Gasteiger partial charge in [0.25, 0.3) is 0 Å². The summed E-state index contributed by atoms with van der Waals surface area (Å²) in [5.74, 6) is 0. The maximum Gasteiger partial charge on any atom is 0.416 e. The van der Waals surface area contributed by atoms with Gasteiger partial charge in [0.15, 0.2) is 0 Å². The van der Waals surface area contributed by atoms with Crippen LogP contribution in [0.1, 0.15) is 11.1 Å². The van der Waals surface area contributed by atoms with Crippen molar-refractivity contribution >= 4 is 22.0 Å². The molecule has 0 bridgehead atoms. The molecule has 0 saturated carbocycles. The smallest absolute Gasteiger partial charge is 0.193 e. The van der Waals surface area contributed by atoms with Crippen LogP contribution in [0.15, 0.2) is 29.8 Å². The van der Waals surface area contributed by atoms with Crippen molar-refractivity contribution in [2.24, 2.45) is 0 Å². The molecule has 0 heterocycles. The second kappa shape index (κ2) is 5.17. The standard InChI is InChI=1S/C11H7BrF3N/c12-6-9(7-16)5-8-1-3-10(4-2-8)11(13,14)15/h1-5H,6H2/b9-5-. The van der Waals surface area contributed by atoms with Crippen LogP contribution in [-0.4, -0.2) is 5.33 Å². The van der Waals surface area contributed by atoms with Gasteiger partial charge in [0, 0.05) is 10.9 Å². The van der Waals surface area contributed by atoms with Crippen LogP contribution in [0, 0.1) is 11.3 Å². The largest absolute Gasteiger partial charge is 0.416 e. The molecule has 0 saturated heterocycles.